The second-order valence-corrected chi connectivity index (χ2v) is 10.2. The summed E-state index contributed by atoms with van der Waals surface area (Å²) in [4.78, 5) is 38.9. The van der Waals surface area contributed by atoms with E-state index in [4.69, 9.17) is 4.74 Å². The molecule has 7 nitrogen and oxygen atoms in total. The average Bonchev–Trinajstić information content (AvgIpc) is 3.40. The van der Waals surface area contributed by atoms with Crippen molar-refractivity contribution in [2.24, 2.45) is 11.3 Å². The monoisotopic (exact) mass is 476 g/mol. The number of alkyl carbamates (subject to hydrolysis) is 1. The van der Waals surface area contributed by atoms with Crippen molar-refractivity contribution in [3.63, 3.8) is 0 Å². The molecule has 0 aromatic heterocycles. The molecule has 1 aliphatic heterocycles. The highest BCUT2D eigenvalue weighted by molar-refractivity contribution is 5.83. The van der Waals surface area contributed by atoms with E-state index in [1.54, 1.807) is 4.90 Å². The van der Waals surface area contributed by atoms with Crippen LogP contribution < -0.4 is 5.32 Å². The van der Waals surface area contributed by atoms with Gasteiger partial charge in [0.2, 0.25) is 5.91 Å². The predicted molar refractivity (Wildman–Crippen MR) is 131 cm³/mol. The number of hydrogen-bond donors (Lipinski definition) is 2. The number of nitrogens with one attached hydrogen (secondary N) is 1. The number of amides is 2. The summed E-state index contributed by atoms with van der Waals surface area (Å²) < 4.78 is 5.61. The zero-order valence-electron chi connectivity index (χ0n) is 20.0. The van der Waals surface area contributed by atoms with Crippen LogP contribution in [0, 0.1) is 11.3 Å². The molecule has 35 heavy (non-hydrogen) atoms. The fraction of sp³-hybridized carbons (Fsp3) is 0.464. The largest absolute Gasteiger partial charge is 0.481 e. The minimum atomic E-state index is -0.812. The van der Waals surface area contributed by atoms with Gasteiger partial charge in [0.15, 0.2) is 0 Å². The Balaban J connectivity index is 1.11. The lowest BCUT2D eigenvalue weighted by atomic mass is 9.79. The smallest absolute Gasteiger partial charge is 0.407 e. The third kappa shape index (κ3) is 4.28. The zero-order valence-corrected chi connectivity index (χ0v) is 20.0. The molecule has 2 aromatic rings. The van der Waals surface area contributed by atoms with E-state index in [0.29, 0.717) is 32.2 Å². The Morgan fingerprint density at radius 3 is 2.29 bits per heavy atom. The van der Waals surface area contributed by atoms with Gasteiger partial charge in [0.05, 0.1) is 5.41 Å². The molecule has 184 valence electrons. The fourth-order valence-electron chi connectivity index (χ4n) is 6.03. The number of fused-ring (bicyclic) bond motifs is 3. The van der Waals surface area contributed by atoms with Gasteiger partial charge in [0, 0.05) is 31.0 Å². The molecule has 2 fully saturated rings. The number of nitrogens with zero attached hydrogens (tertiary/aromatic N) is 1. The molecular weight excluding hydrogens is 444 g/mol. The minimum absolute atomic E-state index is 0.00909. The minimum Gasteiger partial charge on any atom is -0.481 e. The molecular formula is C28H32N2O5. The summed E-state index contributed by atoms with van der Waals surface area (Å²) in [5, 5.41) is 12.6. The molecule has 2 amide bonds. The van der Waals surface area contributed by atoms with E-state index in [0.717, 1.165) is 6.42 Å². The van der Waals surface area contributed by atoms with Crippen molar-refractivity contribution in [2.45, 2.75) is 51.0 Å². The van der Waals surface area contributed by atoms with E-state index >= 15 is 0 Å². The Hall–Kier alpha value is -3.35. The van der Waals surface area contributed by atoms with Gasteiger partial charge in [-0.15, -0.1) is 0 Å². The molecule has 1 unspecified atom stereocenters. The Labute approximate surface area is 205 Å². The number of likely N-dealkylation sites (tertiary alicyclic amines) is 1. The Bertz CT molecular complexity index is 1100. The number of carboxylic acids is 1. The maximum absolute atomic E-state index is 12.9. The van der Waals surface area contributed by atoms with Crippen LogP contribution in [0.5, 0.6) is 0 Å². The van der Waals surface area contributed by atoms with Crippen LogP contribution in [0.2, 0.25) is 0 Å². The van der Waals surface area contributed by atoms with Crippen LogP contribution in [0.1, 0.15) is 56.1 Å². The molecule has 1 atom stereocenters. The van der Waals surface area contributed by atoms with E-state index in [2.05, 4.69) is 29.6 Å². The lowest BCUT2D eigenvalue weighted by Crippen LogP contribution is -2.50. The summed E-state index contributed by atoms with van der Waals surface area (Å²) in [6.07, 6.45) is 2.54. The maximum Gasteiger partial charge on any atom is 0.407 e. The average molecular weight is 477 g/mol. The van der Waals surface area contributed by atoms with Crippen LogP contribution >= 0.6 is 0 Å². The van der Waals surface area contributed by atoms with E-state index < -0.39 is 17.5 Å². The molecule has 1 heterocycles. The highest BCUT2D eigenvalue weighted by atomic mass is 16.5. The SMILES string of the molecule is CCCC1(C(=O)O)CCN(C(=O)C2CC(NC(=O)OCC3c4ccccc4-c4ccccc43)C2)C1. The first-order valence-corrected chi connectivity index (χ1v) is 12.6. The van der Waals surface area contributed by atoms with Gasteiger partial charge < -0.3 is 20.1 Å². The highest BCUT2D eigenvalue weighted by Gasteiger charge is 2.48. The molecule has 7 heteroatoms. The zero-order chi connectivity index (χ0) is 24.6. The summed E-state index contributed by atoms with van der Waals surface area (Å²) in [6.45, 7) is 3.01. The molecule has 5 rings (SSSR count). The van der Waals surface area contributed by atoms with Crippen LogP contribution in [-0.2, 0) is 14.3 Å². The number of benzene rings is 2. The quantitative estimate of drug-likeness (QED) is 0.617. The van der Waals surface area contributed by atoms with Crippen LogP contribution in [0.4, 0.5) is 4.79 Å². The molecule has 2 aromatic carbocycles. The number of ether oxygens (including phenoxy) is 1. The van der Waals surface area contributed by atoms with E-state index in [1.165, 1.54) is 22.3 Å². The first kappa shape index (κ1) is 23.4. The molecule has 3 aliphatic rings. The number of hydrogen-bond acceptors (Lipinski definition) is 4. The van der Waals surface area contributed by atoms with E-state index in [-0.39, 0.29) is 36.9 Å². The van der Waals surface area contributed by atoms with Gasteiger partial charge >= 0.3 is 12.1 Å². The maximum atomic E-state index is 12.9. The molecule has 0 radical (unpaired) electrons. The van der Waals surface area contributed by atoms with Gasteiger partial charge in [-0.05, 0) is 47.9 Å². The van der Waals surface area contributed by atoms with Crippen molar-refractivity contribution in [3.05, 3.63) is 59.7 Å². The predicted octanol–water partition coefficient (Wildman–Crippen LogP) is 4.41. The second kappa shape index (κ2) is 9.36. The van der Waals surface area contributed by atoms with Gasteiger partial charge in [-0.1, -0.05) is 61.9 Å². The summed E-state index contributed by atoms with van der Waals surface area (Å²) in [6, 6.07) is 16.3. The summed E-state index contributed by atoms with van der Waals surface area (Å²) in [5.74, 6) is -0.954. The van der Waals surface area contributed by atoms with Crippen LogP contribution in [-0.4, -0.2) is 53.7 Å². The number of rotatable bonds is 7. The van der Waals surface area contributed by atoms with E-state index in [9.17, 15) is 19.5 Å². The number of aliphatic carboxylic acids is 1. The van der Waals surface area contributed by atoms with Crippen molar-refractivity contribution in [1.82, 2.24) is 10.2 Å². The van der Waals surface area contributed by atoms with Crippen LogP contribution in [0.25, 0.3) is 11.1 Å². The molecule has 2 aliphatic carbocycles. The van der Waals surface area contributed by atoms with Gasteiger partial charge in [-0.25, -0.2) is 4.79 Å². The van der Waals surface area contributed by atoms with Crippen molar-refractivity contribution >= 4 is 18.0 Å². The first-order valence-electron chi connectivity index (χ1n) is 12.6. The van der Waals surface area contributed by atoms with Gasteiger partial charge in [0.25, 0.3) is 0 Å². The van der Waals surface area contributed by atoms with Gasteiger partial charge in [-0.3, -0.25) is 9.59 Å². The number of carbonyl (C=O) groups excluding carboxylic acids is 2. The molecule has 1 saturated heterocycles. The molecule has 1 saturated carbocycles. The lowest BCUT2D eigenvalue weighted by molar-refractivity contribution is -0.149. The Morgan fingerprint density at radius 2 is 1.69 bits per heavy atom. The summed E-state index contributed by atoms with van der Waals surface area (Å²) in [5.41, 5.74) is 3.90. The molecule has 0 spiro atoms. The summed E-state index contributed by atoms with van der Waals surface area (Å²) in [7, 11) is 0. The Kier molecular flexibility index (Phi) is 6.26. The third-order valence-electron chi connectivity index (χ3n) is 8.00. The van der Waals surface area contributed by atoms with Crippen LogP contribution in [0.15, 0.2) is 48.5 Å². The van der Waals surface area contributed by atoms with Crippen molar-refractivity contribution < 1.29 is 24.2 Å². The van der Waals surface area contributed by atoms with Crippen LogP contribution in [0.3, 0.4) is 0 Å². The van der Waals surface area contributed by atoms with Crippen molar-refractivity contribution in [1.29, 1.82) is 0 Å². The van der Waals surface area contributed by atoms with E-state index in [1.807, 2.05) is 31.2 Å². The van der Waals surface area contributed by atoms with Gasteiger partial charge in [0.1, 0.15) is 6.61 Å². The topological polar surface area (TPSA) is 95.9 Å². The highest BCUT2D eigenvalue weighted by Crippen LogP contribution is 2.44. The normalized spacial score (nSPS) is 24.9. The van der Waals surface area contributed by atoms with Crippen molar-refractivity contribution in [3.8, 4) is 11.1 Å². The molecule has 2 N–H and O–H groups in total. The van der Waals surface area contributed by atoms with Gasteiger partial charge in [-0.2, -0.15) is 0 Å². The Morgan fingerprint density at radius 1 is 1.06 bits per heavy atom. The van der Waals surface area contributed by atoms with Crippen molar-refractivity contribution in [2.75, 3.05) is 19.7 Å². The number of carboxylic acid groups (broad SMARTS) is 1. The third-order valence-corrected chi connectivity index (χ3v) is 8.00. The molecule has 0 bridgehead atoms. The first-order chi connectivity index (χ1) is 16.9. The lowest BCUT2D eigenvalue weighted by Gasteiger charge is -2.37. The summed E-state index contributed by atoms with van der Waals surface area (Å²) >= 11 is 0. The number of carbonyl (C=O) groups is 3. The second-order valence-electron chi connectivity index (χ2n) is 10.2. The fourth-order valence-corrected chi connectivity index (χ4v) is 6.03. The standard InChI is InChI=1S/C28H32N2O5/c1-2-11-28(26(32)33)12-13-30(17-28)25(31)18-14-19(15-18)29-27(34)35-16-24-22-9-5-3-7-20(22)21-8-4-6-10-23(21)24/h3-10,18-19,24H,2,11-17H2,1H3,(H,29,34)(H,32,33).